The van der Waals surface area contributed by atoms with Crippen molar-refractivity contribution in [2.75, 3.05) is 13.1 Å². The van der Waals surface area contributed by atoms with E-state index in [4.69, 9.17) is 10.2 Å². The topological polar surface area (TPSA) is 55.3 Å². The van der Waals surface area contributed by atoms with Crippen molar-refractivity contribution in [1.29, 1.82) is 0 Å². The molecule has 0 bridgehead atoms. The lowest BCUT2D eigenvalue weighted by Gasteiger charge is -2.37. The van der Waals surface area contributed by atoms with E-state index < -0.39 is 0 Å². The van der Waals surface area contributed by atoms with E-state index in [-0.39, 0.29) is 12.4 Å². The molecular weight excluding hydrogens is 298 g/mol. The molecule has 2 aromatic rings. The van der Waals surface area contributed by atoms with E-state index in [2.05, 4.69) is 16.8 Å². The van der Waals surface area contributed by atoms with Crippen LogP contribution in [-0.2, 0) is 6.54 Å². The minimum Gasteiger partial charge on any atom is -0.444 e. The lowest BCUT2D eigenvalue weighted by Crippen LogP contribution is -2.45. The molecule has 1 saturated heterocycles. The average Bonchev–Trinajstić information content (AvgIpc) is 2.98. The SMILES string of the molecule is CC1CCN(Cc2coc(-c3ccccc3)n2)C(CN)C1.Cl. The molecule has 0 saturated carbocycles. The first kappa shape index (κ1) is 17.0. The highest BCUT2D eigenvalue weighted by atomic mass is 35.5. The van der Waals surface area contributed by atoms with Crippen LogP contribution >= 0.6 is 12.4 Å². The van der Waals surface area contributed by atoms with Crippen LogP contribution in [0.1, 0.15) is 25.5 Å². The van der Waals surface area contributed by atoms with Gasteiger partial charge < -0.3 is 10.2 Å². The van der Waals surface area contributed by atoms with Crippen molar-refractivity contribution in [3.63, 3.8) is 0 Å². The molecule has 1 aromatic heterocycles. The molecule has 4 nitrogen and oxygen atoms in total. The van der Waals surface area contributed by atoms with Crippen molar-refractivity contribution >= 4 is 12.4 Å². The predicted molar refractivity (Wildman–Crippen MR) is 90.8 cm³/mol. The third-order valence-corrected chi connectivity index (χ3v) is 4.31. The first-order chi connectivity index (χ1) is 10.3. The molecule has 1 fully saturated rings. The van der Waals surface area contributed by atoms with Gasteiger partial charge in [0.25, 0.3) is 0 Å². The lowest BCUT2D eigenvalue weighted by atomic mass is 9.92. The molecule has 2 atom stereocenters. The van der Waals surface area contributed by atoms with Gasteiger partial charge in [0.2, 0.25) is 5.89 Å². The summed E-state index contributed by atoms with van der Waals surface area (Å²) in [6.07, 6.45) is 4.19. The maximum atomic E-state index is 5.92. The van der Waals surface area contributed by atoms with Gasteiger partial charge in [0.05, 0.1) is 5.69 Å². The minimum atomic E-state index is 0. The first-order valence-corrected chi connectivity index (χ1v) is 7.70. The fourth-order valence-electron chi connectivity index (χ4n) is 3.05. The van der Waals surface area contributed by atoms with E-state index in [1.54, 1.807) is 6.26 Å². The largest absolute Gasteiger partial charge is 0.444 e. The number of nitrogens with zero attached hydrogens (tertiary/aromatic N) is 2. The van der Waals surface area contributed by atoms with Gasteiger partial charge in [-0.25, -0.2) is 4.98 Å². The monoisotopic (exact) mass is 321 g/mol. The van der Waals surface area contributed by atoms with Gasteiger partial charge in [-0.05, 0) is 37.4 Å². The van der Waals surface area contributed by atoms with Gasteiger partial charge in [-0.2, -0.15) is 0 Å². The van der Waals surface area contributed by atoms with Crippen molar-refractivity contribution in [1.82, 2.24) is 9.88 Å². The number of oxazole rings is 1. The van der Waals surface area contributed by atoms with Gasteiger partial charge in [0, 0.05) is 24.7 Å². The number of halogens is 1. The molecule has 0 amide bonds. The highest BCUT2D eigenvalue weighted by molar-refractivity contribution is 5.85. The summed E-state index contributed by atoms with van der Waals surface area (Å²) in [6, 6.07) is 10.5. The van der Waals surface area contributed by atoms with Crippen LogP contribution in [-0.4, -0.2) is 29.0 Å². The van der Waals surface area contributed by atoms with Crippen LogP contribution in [0.15, 0.2) is 41.0 Å². The third kappa shape index (κ3) is 3.88. The highest BCUT2D eigenvalue weighted by Gasteiger charge is 2.25. The molecule has 2 heterocycles. The molecule has 0 aliphatic carbocycles. The van der Waals surface area contributed by atoms with E-state index in [9.17, 15) is 0 Å². The van der Waals surface area contributed by atoms with Gasteiger partial charge in [0.1, 0.15) is 6.26 Å². The quantitative estimate of drug-likeness (QED) is 0.938. The minimum absolute atomic E-state index is 0. The molecule has 5 heteroatoms. The lowest BCUT2D eigenvalue weighted by molar-refractivity contribution is 0.114. The van der Waals surface area contributed by atoms with Crippen molar-refractivity contribution in [2.45, 2.75) is 32.4 Å². The highest BCUT2D eigenvalue weighted by Crippen LogP contribution is 2.24. The Morgan fingerprint density at radius 3 is 2.82 bits per heavy atom. The summed E-state index contributed by atoms with van der Waals surface area (Å²) in [7, 11) is 0. The van der Waals surface area contributed by atoms with Crippen molar-refractivity contribution in [2.24, 2.45) is 11.7 Å². The molecular formula is C17H24ClN3O. The Hall–Kier alpha value is -1.36. The zero-order chi connectivity index (χ0) is 14.7. The second-order valence-electron chi connectivity index (χ2n) is 6.00. The summed E-state index contributed by atoms with van der Waals surface area (Å²) in [6.45, 7) is 4.94. The summed E-state index contributed by atoms with van der Waals surface area (Å²) < 4.78 is 5.61. The molecule has 0 spiro atoms. The maximum Gasteiger partial charge on any atom is 0.226 e. The second kappa shape index (κ2) is 7.77. The zero-order valence-electron chi connectivity index (χ0n) is 12.9. The van der Waals surface area contributed by atoms with Gasteiger partial charge in [0.15, 0.2) is 0 Å². The number of benzene rings is 1. The van der Waals surface area contributed by atoms with E-state index in [0.29, 0.717) is 18.5 Å². The third-order valence-electron chi connectivity index (χ3n) is 4.31. The van der Waals surface area contributed by atoms with Crippen LogP contribution in [0.2, 0.25) is 0 Å². The number of aromatic nitrogens is 1. The Balaban J connectivity index is 0.00000176. The summed E-state index contributed by atoms with van der Waals surface area (Å²) in [5.41, 5.74) is 7.93. The summed E-state index contributed by atoms with van der Waals surface area (Å²) >= 11 is 0. The van der Waals surface area contributed by atoms with Gasteiger partial charge >= 0.3 is 0 Å². The predicted octanol–water partition coefficient (Wildman–Crippen LogP) is 3.32. The normalized spacial score (nSPS) is 22.3. The number of rotatable bonds is 4. The van der Waals surface area contributed by atoms with Gasteiger partial charge in [-0.1, -0.05) is 25.1 Å². The number of likely N-dealkylation sites (tertiary alicyclic amines) is 1. The van der Waals surface area contributed by atoms with E-state index in [1.165, 1.54) is 12.8 Å². The Bertz CT molecular complexity index is 572. The fraction of sp³-hybridized carbons (Fsp3) is 0.471. The van der Waals surface area contributed by atoms with Crippen LogP contribution < -0.4 is 5.73 Å². The number of nitrogens with two attached hydrogens (primary N) is 1. The molecule has 1 aliphatic heterocycles. The second-order valence-corrected chi connectivity index (χ2v) is 6.00. The Morgan fingerprint density at radius 1 is 1.32 bits per heavy atom. The Kier molecular flexibility index (Phi) is 6.00. The number of piperidine rings is 1. The van der Waals surface area contributed by atoms with Crippen molar-refractivity contribution < 1.29 is 4.42 Å². The van der Waals surface area contributed by atoms with Crippen molar-refractivity contribution in [3.8, 4) is 11.5 Å². The van der Waals surface area contributed by atoms with Crippen LogP contribution in [0.5, 0.6) is 0 Å². The molecule has 0 radical (unpaired) electrons. The van der Waals surface area contributed by atoms with E-state index in [1.807, 2.05) is 30.3 Å². The summed E-state index contributed by atoms with van der Waals surface area (Å²) in [5, 5.41) is 0. The number of hydrogen-bond donors (Lipinski definition) is 1. The molecule has 1 aromatic carbocycles. The zero-order valence-corrected chi connectivity index (χ0v) is 13.8. The molecule has 2 N–H and O–H groups in total. The van der Waals surface area contributed by atoms with Crippen molar-refractivity contribution in [3.05, 3.63) is 42.3 Å². The maximum absolute atomic E-state index is 5.92. The average molecular weight is 322 g/mol. The molecule has 2 unspecified atom stereocenters. The standard InChI is InChI=1S/C17H23N3O.ClH/c1-13-7-8-20(16(9-13)10-18)11-15-12-21-17(19-15)14-5-3-2-4-6-14;/h2-6,12-13,16H,7-11,18H2,1H3;1H. The summed E-state index contributed by atoms with van der Waals surface area (Å²) in [4.78, 5) is 7.05. The van der Waals surface area contributed by atoms with E-state index >= 15 is 0 Å². The first-order valence-electron chi connectivity index (χ1n) is 7.70. The number of hydrogen-bond acceptors (Lipinski definition) is 4. The van der Waals surface area contributed by atoms with Crippen LogP contribution in [0.4, 0.5) is 0 Å². The summed E-state index contributed by atoms with van der Waals surface area (Å²) in [5.74, 6) is 1.47. The Labute approximate surface area is 138 Å². The Morgan fingerprint density at radius 2 is 2.09 bits per heavy atom. The van der Waals surface area contributed by atoms with Gasteiger partial charge in [-0.15, -0.1) is 12.4 Å². The smallest absolute Gasteiger partial charge is 0.226 e. The molecule has 22 heavy (non-hydrogen) atoms. The molecule has 1 aliphatic rings. The fourth-order valence-corrected chi connectivity index (χ4v) is 3.05. The van der Waals surface area contributed by atoms with Gasteiger partial charge in [-0.3, -0.25) is 4.90 Å². The van der Waals surface area contributed by atoms with E-state index in [0.717, 1.165) is 30.3 Å². The molecule has 120 valence electrons. The van der Waals surface area contributed by atoms with Crippen LogP contribution in [0.3, 0.4) is 0 Å². The van der Waals surface area contributed by atoms with Crippen LogP contribution in [0.25, 0.3) is 11.5 Å². The van der Waals surface area contributed by atoms with Crippen LogP contribution in [0, 0.1) is 5.92 Å². The molecule has 3 rings (SSSR count).